The van der Waals surface area contributed by atoms with Crippen molar-refractivity contribution in [2.45, 2.75) is 341 Å². The Labute approximate surface area is 619 Å². The fraction of sp³-hybridized carbons (Fsp3) is 0.711. The van der Waals surface area contributed by atoms with Crippen molar-refractivity contribution in [1.82, 2.24) is 0 Å². The minimum absolute atomic E-state index is 0.0654. The molecule has 0 aliphatic carbocycles. The van der Waals surface area contributed by atoms with Crippen LogP contribution in [0.3, 0.4) is 0 Å². The van der Waals surface area contributed by atoms with Crippen molar-refractivity contribution in [3.8, 4) is 0 Å². The molecule has 17 nitrogen and oxygen atoms in total. The summed E-state index contributed by atoms with van der Waals surface area (Å²) in [6.45, 7) is 4.57. The standard InChI is InChI=1S/C83H142O17P2/c1-5-9-13-17-21-25-29-33-36-37-38-39-42-45-48-52-56-60-64-68-81(86)94-74-79(100-83(88)70-66-62-58-54-50-46-41-35-31-27-23-19-15-11-7-3)76-98-102(91,92)96-72-77(84)71-95-101(89,90)97-75-78(99-82(87)69-65-61-57-53-49-43-32-28-24-20-16-12-8-4)73-93-80(85)67-63-59-55-51-47-44-40-34-30-26-22-18-14-10-6-2/h9,11,13,15,21-23,25-27,33-36,38-41,45,48,77-79,84H,5-8,10,12,14,16-20,24,28-32,37,42-44,46-47,49-76H2,1-4H3,(H,89,90)(H,91,92)/b13-9-,15-11-,25-21-,26-22-,27-23-,36-33-,39-38-,40-34-,41-35-,48-45-. The predicted octanol–water partition coefficient (Wildman–Crippen LogP) is 23.1. The van der Waals surface area contributed by atoms with Crippen LogP contribution in [0.4, 0.5) is 0 Å². The van der Waals surface area contributed by atoms with Gasteiger partial charge in [-0.25, -0.2) is 9.13 Å². The number of allylic oxidation sites excluding steroid dienone is 20. The van der Waals surface area contributed by atoms with Crippen LogP contribution in [0.2, 0.25) is 0 Å². The van der Waals surface area contributed by atoms with Crippen molar-refractivity contribution in [1.29, 1.82) is 0 Å². The first-order valence-corrected chi connectivity index (χ1v) is 42.8. The summed E-state index contributed by atoms with van der Waals surface area (Å²) in [5, 5.41) is 10.6. The molecule has 0 saturated carbocycles. The Bertz CT molecular complexity index is 2410. The van der Waals surface area contributed by atoms with Crippen LogP contribution in [0.15, 0.2) is 122 Å². The van der Waals surface area contributed by atoms with Crippen LogP contribution in [0.5, 0.6) is 0 Å². The summed E-state index contributed by atoms with van der Waals surface area (Å²) in [5.74, 6) is -2.24. The van der Waals surface area contributed by atoms with Crippen LogP contribution < -0.4 is 0 Å². The second-order valence-electron chi connectivity index (χ2n) is 26.2. The number of aliphatic hydroxyl groups is 1. The lowest BCUT2D eigenvalue weighted by molar-refractivity contribution is -0.161. The van der Waals surface area contributed by atoms with Crippen LogP contribution in [-0.4, -0.2) is 96.7 Å². The van der Waals surface area contributed by atoms with E-state index in [9.17, 15) is 43.2 Å². The fourth-order valence-corrected chi connectivity index (χ4v) is 12.0. The van der Waals surface area contributed by atoms with Gasteiger partial charge in [-0.1, -0.05) is 284 Å². The molecule has 5 unspecified atom stereocenters. The number of aliphatic hydroxyl groups excluding tert-OH is 1. The van der Waals surface area contributed by atoms with Crippen molar-refractivity contribution in [3.05, 3.63) is 122 Å². The van der Waals surface area contributed by atoms with Gasteiger partial charge in [-0.2, -0.15) is 0 Å². The molecule has 586 valence electrons. The second-order valence-corrected chi connectivity index (χ2v) is 29.2. The Morgan fingerprint density at radius 1 is 0.284 bits per heavy atom. The van der Waals surface area contributed by atoms with Gasteiger partial charge < -0.3 is 33.8 Å². The minimum Gasteiger partial charge on any atom is -0.462 e. The number of esters is 4. The number of hydrogen-bond donors (Lipinski definition) is 3. The lowest BCUT2D eigenvalue weighted by Crippen LogP contribution is -2.30. The number of carbonyl (C=O) groups excluding carboxylic acids is 4. The summed E-state index contributed by atoms with van der Waals surface area (Å²) in [4.78, 5) is 73.0. The van der Waals surface area contributed by atoms with Crippen LogP contribution in [0, 0.1) is 0 Å². The van der Waals surface area contributed by atoms with Gasteiger partial charge >= 0.3 is 39.5 Å². The van der Waals surface area contributed by atoms with E-state index in [-0.39, 0.29) is 25.7 Å². The normalized spacial score (nSPS) is 14.5. The first kappa shape index (κ1) is 97.5. The van der Waals surface area contributed by atoms with E-state index in [0.717, 1.165) is 173 Å². The quantitative estimate of drug-likeness (QED) is 0.0169. The molecule has 0 spiro atoms. The molecule has 19 heteroatoms. The summed E-state index contributed by atoms with van der Waals surface area (Å²) >= 11 is 0. The first-order chi connectivity index (χ1) is 49.7. The third kappa shape index (κ3) is 73.8. The zero-order valence-electron chi connectivity index (χ0n) is 64.0. The van der Waals surface area contributed by atoms with E-state index in [4.69, 9.17) is 37.0 Å². The highest BCUT2D eigenvalue weighted by Gasteiger charge is 2.30. The van der Waals surface area contributed by atoms with E-state index in [0.29, 0.717) is 25.7 Å². The highest BCUT2D eigenvalue weighted by atomic mass is 31.2. The van der Waals surface area contributed by atoms with E-state index in [1.807, 2.05) is 0 Å². The number of carbonyl (C=O) groups is 4. The topological polar surface area (TPSA) is 237 Å². The summed E-state index contributed by atoms with van der Waals surface area (Å²) in [6.07, 6.45) is 81.7. The van der Waals surface area contributed by atoms with Gasteiger partial charge in [0.1, 0.15) is 19.3 Å². The van der Waals surface area contributed by atoms with Gasteiger partial charge in [-0.15, -0.1) is 0 Å². The van der Waals surface area contributed by atoms with Crippen LogP contribution in [0.25, 0.3) is 0 Å². The average Bonchev–Trinajstić information content (AvgIpc) is 0.924. The summed E-state index contributed by atoms with van der Waals surface area (Å²) in [7, 11) is -9.97. The Morgan fingerprint density at radius 2 is 0.510 bits per heavy atom. The second kappa shape index (κ2) is 74.7. The summed E-state index contributed by atoms with van der Waals surface area (Å²) in [5.41, 5.74) is 0. The van der Waals surface area contributed by atoms with Crippen LogP contribution in [-0.2, 0) is 65.4 Å². The molecule has 0 saturated heterocycles. The van der Waals surface area contributed by atoms with Crippen molar-refractivity contribution in [2.24, 2.45) is 0 Å². The maximum atomic E-state index is 13.1. The average molecular weight is 1470 g/mol. The first-order valence-electron chi connectivity index (χ1n) is 39.8. The van der Waals surface area contributed by atoms with Crippen LogP contribution >= 0.6 is 15.6 Å². The Kier molecular flexibility index (Phi) is 71.4. The van der Waals surface area contributed by atoms with Crippen molar-refractivity contribution >= 4 is 39.5 Å². The van der Waals surface area contributed by atoms with E-state index >= 15 is 0 Å². The fourth-order valence-electron chi connectivity index (χ4n) is 10.4. The maximum absolute atomic E-state index is 13.1. The summed E-state index contributed by atoms with van der Waals surface area (Å²) in [6, 6.07) is 0. The predicted molar refractivity (Wildman–Crippen MR) is 418 cm³/mol. The number of rotatable bonds is 74. The molecular formula is C83H142O17P2. The molecule has 0 aromatic carbocycles. The van der Waals surface area contributed by atoms with Gasteiger partial charge in [0.2, 0.25) is 0 Å². The highest BCUT2D eigenvalue weighted by Crippen LogP contribution is 2.45. The molecule has 5 atom stereocenters. The molecule has 0 aliphatic heterocycles. The largest absolute Gasteiger partial charge is 0.472 e. The van der Waals surface area contributed by atoms with E-state index in [2.05, 4.69) is 149 Å². The van der Waals surface area contributed by atoms with Gasteiger partial charge in [-0.05, 0) is 135 Å². The molecule has 0 heterocycles. The zero-order valence-corrected chi connectivity index (χ0v) is 65.8. The monoisotopic (exact) mass is 1470 g/mol. The van der Waals surface area contributed by atoms with Gasteiger partial charge in [0.05, 0.1) is 26.4 Å². The van der Waals surface area contributed by atoms with Crippen molar-refractivity contribution in [3.63, 3.8) is 0 Å². The van der Waals surface area contributed by atoms with Gasteiger partial charge in [0.25, 0.3) is 0 Å². The molecule has 0 aliphatic rings. The van der Waals surface area contributed by atoms with Crippen molar-refractivity contribution < 1.29 is 80.2 Å². The van der Waals surface area contributed by atoms with Crippen molar-refractivity contribution in [2.75, 3.05) is 39.6 Å². The Balaban J connectivity index is 5.40. The number of unbranched alkanes of at least 4 members (excludes halogenated alkanes) is 28. The van der Waals surface area contributed by atoms with E-state index in [1.165, 1.54) is 70.6 Å². The number of phosphoric acid groups is 2. The highest BCUT2D eigenvalue weighted by molar-refractivity contribution is 7.47. The van der Waals surface area contributed by atoms with E-state index in [1.54, 1.807) is 0 Å². The molecule has 3 N–H and O–H groups in total. The molecule has 0 aromatic rings. The molecule has 0 amide bonds. The van der Waals surface area contributed by atoms with Gasteiger partial charge in [0, 0.05) is 25.7 Å². The maximum Gasteiger partial charge on any atom is 0.472 e. The molecule has 0 rings (SSSR count). The molecule has 0 aromatic heterocycles. The van der Waals surface area contributed by atoms with Crippen LogP contribution in [0.1, 0.15) is 323 Å². The van der Waals surface area contributed by atoms with Gasteiger partial charge in [0.15, 0.2) is 12.2 Å². The molecule has 102 heavy (non-hydrogen) atoms. The van der Waals surface area contributed by atoms with E-state index < -0.39 is 97.5 Å². The Hall–Kier alpha value is -4.54. The minimum atomic E-state index is -4.99. The SMILES string of the molecule is CC/C=C\C/C=C\C/C=C\C/C=C\C/C=C\CCCCCC(=O)OCC(COP(=O)(O)OCC(O)COP(=O)(O)OCC(COC(=O)CCCCCCC/C=C\C/C=C\CCCCC)OC(=O)CCCCCCCCCCCCCCC)OC(=O)CCCCCCC/C=C\C/C=C\C/C=C\CC. The molecule has 0 bridgehead atoms. The third-order valence-electron chi connectivity index (χ3n) is 16.4. The number of hydrogen-bond acceptors (Lipinski definition) is 15. The molecular weight excluding hydrogens is 1330 g/mol. The molecule has 0 radical (unpaired) electrons. The zero-order chi connectivity index (χ0) is 74.6. The smallest absolute Gasteiger partial charge is 0.462 e. The number of phosphoric ester groups is 2. The lowest BCUT2D eigenvalue weighted by Gasteiger charge is -2.21. The Morgan fingerprint density at radius 3 is 0.814 bits per heavy atom. The summed E-state index contributed by atoms with van der Waals surface area (Å²) < 4.78 is 68.6. The third-order valence-corrected chi connectivity index (χ3v) is 18.3. The lowest BCUT2D eigenvalue weighted by atomic mass is 10.0. The number of ether oxygens (including phenoxy) is 4. The molecule has 0 fully saturated rings. The van der Waals surface area contributed by atoms with Gasteiger partial charge in [-0.3, -0.25) is 37.3 Å².